The summed E-state index contributed by atoms with van der Waals surface area (Å²) in [6.45, 7) is 4.85. The molecule has 2 aromatic rings. The minimum atomic E-state index is 0.461. The van der Waals surface area contributed by atoms with Gasteiger partial charge >= 0.3 is 0 Å². The summed E-state index contributed by atoms with van der Waals surface area (Å²) in [5.74, 6) is 1.38. The monoisotopic (exact) mass is 299 g/mol. The van der Waals surface area contributed by atoms with Crippen molar-refractivity contribution in [2.75, 3.05) is 17.6 Å². The fourth-order valence-corrected chi connectivity index (χ4v) is 2.54. The molecule has 0 fully saturated rings. The molecule has 0 bridgehead atoms. The summed E-state index contributed by atoms with van der Waals surface area (Å²) in [6.07, 6.45) is 0. The van der Waals surface area contributed by atoms with Crippen LogP contribution >= 0.6 is 11.8 Å². The molecular weight excluding hydrogens is 278 g/mol. The van der Waals surface area contributed by atoms with Gasteiger partial charge in [-0.25, -0.2) is 0 Å². The number of aliphatic imine (C=N–C) groups is 1. The van der Waals surface area contributed by atoms with Gasteiger partial charge in [0.25, 0.3) is 0 Å². The van der Waals surface area contributed by atoms with Gasteiger partial charge in [-0.3, -0.25) is 4.99 Å². The van der Waals surface area contributed by atoms with E-state index in [1.807, 2.05) is 24.3 Å². The van der Waals surface area contributed by atoms with Crippen molar-refractivity contribution in [1.29, 1.82) is 0 Å². The molecule has 0 aliphatic carbocycles. The summed E-state index contributed by atoms with van der Waals surface area (Å²) in [7, 11) is 0. The van der Waals surface area contributed by atoms with Crippen LogP contribution in [-0.2, 0) is 0 Å². The molecule has 4 heteroatoms. The number of anilines is 1. The third-order valence-electron chi connectivity index (χ3n) is 2.99. The Morgan fingerprint density at radius 2 is 1.57 bits per heavy atom. The third-order valence-corrected chi connectivity index (χ3v) is 3.98. The van der Waals surface area contributed by atoms with E-state index in [0.29, 0.717) is 12.5 Å². The molecule has 0 amide bonds. The van der Waals surface area contributed by atoms with Crippen molar-refractivity contribution < 1.29 is 0 Å². The fourth-order valence-electron chi connectivity index (χ4n) is 1.79. The van der Waals surface area contributed by atoms with E-state index in [4.69, 9.17) is 5.73 Å². The maximum atomic E-state index is 5.87. The molecule has 0 spiro atoms. The first-order chi connectivity index (χ1) is 10.1. The van der Waals surface area contributed by atoms with Crippen LogP contribution in [-0.4, -0.2) is 18.3 Å². The molecule has 21 heavy (non-hydrogen) atoms. The number of aryl methyl sites for hydroxylation is 2. The number of nitrogens with zero attached hydrogens (tertiary/aromatic N) is 1. The average molecular weight is 299 g/mol. The van der Waals surface area contributed by atoms with Crippen LogP contribution in [0.3, 0.4) is 0 Å². The molecule has 0 atom stereocenters. The maximum Gasteiger partial charge on any atom is 0.193 e. The van der Waals surface area contributed by atoms with Gasteiger partial charge in [-0.15, -0.1) is 11.8 Å². The Kier molecular flexibility index (Phi) is 5.69. The second-order valence-electron chi connectivity index (χ2n) is 4.92. The van der Waals surface area contributed by atoms with Crippen molar-refractivity contribution in [3.63, 3.8) is 0 Å². The largest absolute Gasteiger partial charge is 0.370 e. The topological polar surface area (TPSA) is 50.4 Å². The quantitative estimate of drug-likeness (QED) is 0.382. The van der Waals surface area contributed by atoms with Crippen molar-refractivity contribution in [1.82, 2.24) is 0 Å². The van der Waals surface area contributed by atoms with Crippen molar-refractivity contribution in [2.45, 2.75) is 18.7 Å². The summed E-state index contributed by atoms with van der Waals surface area (Å²) >= 11 is 1.79. The molecule has 0 aliphatic rings. The molecule has 0 heterocycles. The lowest BCUT2D eigenvalue weighted by molar-refractivity contribution is 1.13. The average Bonchev–Trinajstić information content (AvgIpc) is 2.48. The van der Waals surface area contributed by atoms with Crippen LogP contribution in [0.5, 0.6) is 0 Å². The fraction of sp³-hybridized carbons (Fsp3) is 0.235. The molecule has 0 saturated heterocycles. The highest BCUT2D eigenvalue weighted by molar-refractivity contribution is 7.99. The highest BCUT2D eigenvalue weighted by Crippen LogP contribution is 2.17. The Hall–Kier alpha value is -1.94. The van der Waals surface area contributed by atoms with Crippen LogP contribution in [0, 0.1) is 13.8 Å². The summed E-state index contributed by atoms with van der Waals surface area (Å²) in [5.41, 5.74) is 9.35. The molecular formula is C17H21N3S. The maximum absolute atomic E-state index is 5.87. The zero-order valence-corrected chi connectivity index (χ0v) is 13.3. The van der Waals surface area contributed by atoms with Gasteiger partial charge in [0.1, 0.15) is 0 Å². The molecule has 0 unspecified atom stereocenters. The predicted octanol–water partition coefficient (Wildman–Crippen LogP) is 3.82. The molecule has 2 aromatic carbocycles. The van der Waals surface area contributed by atoms with Crippen LogP contribution in [0.4, 0.5) is 5.69 Å². The van der Waals surface area contributed by atoms with E-state index in [1.165, 1.54) is 16.0 Å². The van der Waals surface area contributed by atoms with Gasteiger partial charge in [-0.05, 0) is 38.1 Å². The second kappa shape index (κ2) is 7.74. The van der Waals surface area contributed by atoms with E-state index in [9.17, 15) is 0 Å². The van der Waals surface area contributed by atoms with Gasteiger partial charge in [-0.2, -0.15) is 0 Å². The third kappa shape index (κ3) is 5.52. The van der Waals surface area contributed by atoms with E-state index < -0.39 is 0 Å². The zero-order chi connectivity index (χ0) is 15.1. The molecule has 0 radical (unpaired) electrons. The first-order valence-electron chi connectivity index (χ1n) is 6.96. The number of benzene rings is 2. The Morgan fingerprint density at radius 1 is 1.00 bits per heavy atom. The normalized spacial score (nSPS) is 11.4. The second-order valence-corrected chi connectivity index (χ2v) is 6.09. The SMILES string of the molecule is Cc1ccc(NC(N)=NCCSc2ccc(C)cc2)cc1. The Morgan fingerprint density at radius 3 is 2.19 bits per heavy atom. The number of rotatable bonds is 5. The van der Waals surface area contributed by atoms with Gasteiger partial charge < -0.3 is 11.1 Å². The van der Waals surface area contributed by atoms with E-state index >= 15 is 0 Å². The number of thioether (sulfide) groups is 1. The lowest BCUT2D eigenvalue weighted by atomic mass is 10.2. The molecule has 0 aliphatic heterocycles. The molecule has 0 aromatic heterocycles. The number of nitrogens with one attached hydrogen (secondary N) is 1. The standard InChI is InChI=1S/C17H21N3S/c1-13-3-7-15(8-4-13)20-17(18)19-11-12-21-16-9-5-14(2)6-10-16/h3-10H,11-12H2,1-2H3,(H3,18,19,20). The number of hydrogen-bond acceptors (Lipinski definition) is 2. The molecule has 110 valence electrons. The van der Waals surface area contributed by atoms with Crippen LogP contribution < -0.4 is 11.1 Å². The van der Waals surface area contributed by atoms with Crippen molar-refractivity contribution in [2.24, 2.45) is 10.7 Å². The smallest absolute Gasteiger partial charge is 0.193 e. The summed E-state index contributed by atoms with van der Waals surface area (Å²) in [5, 5.41) is 3.09. The first-order valence-corrected chi connectivity index (χ1v) is 7.95. The van der Waals surface area contributed by atoms with Gasteiger partial charge in [0.05, 0.1) is 6.54 Å². The Bertz CT molecular complexity index is 588. The van der Waals surface area contributed by atoms with Crippen LogP contribution in [0.25, 0.3) is 0 Å². The highest BCUT2D eigenvalue weighted by atomic mass is 32.2. The Labute approximate surface area is 130 Å². The van der Waals surface area contributed by atoms with Gasteiger partial charge in [0.15, 0.2) is 5.96 Å². The van der Waals surface area contributed by atoms with Crippen LogP contribution in [0.2, 0.25) is 0 Å². The zero-order valence-electron chi connectivity index (χ0n) is 12.5. The Balaban J connectivity index is 1.75. The summed E-state index contributed by atoms with van der Waals surface area (Å²) in [6, 6.07) is 16.6. The minimum Gasteiger partial charge on any atom is -0.370 e. The van der Waals surface area contributed by atoms with E-state index in [1.54, 1.807) is 11.8 Å². The number of hydrogen-bond donors (Lipinski definition) is 2. The number of nitrogens with two attached hydrogens (primary N) is 1. The lowest BCUT2D eigenvalue weighted by Crippen LogP contribution is -2.23. The minimum absolute atomic E-state index is 0.461. The van der Waals surface area contributed by atoms with Crippen molar-refractivity contribution in [3.05, 3.63) is 59.7 Å². The van der Waals surface area contributed by atoms with E-state index in [0.717, 1.165) is 11.4 Å². The summed E-state index contributed by atoms with van der Waals surface area (Å²) < 4.78 is 0. The first kappa shape index (κ1) is 15.4. The van der Waals surface area contributed by atoms with Crippen LogP contribution in [0.15, 0.2) is 58.4 Å². The molecule has 2 rings (SSSR count). The predicted molar refractivity (Wildman–Crippen MR) is 93.2 cm³/mol. The van der Waals surface area contributed by atoms with Gasteiger partial charge in [0, 0.05) is 16.3 Å². The van der Waals surface area contributed by atoms with Gasteiger partial charge in [0.2, 0.25) is 0 Å². The van der Waals surface area contributed by atoms with E-state index in [-0.39, 0.29) is 0 Å². The van der Waals surface area contributed by atoms with Crippen molar-refractivity contribution in [3.8, 4) is 0 Å². The lowest BCUT2D eigenvalue weighted by Gasteiger charge is -2.06. The summed E-state index contributed by atoms with van der Waals surface area (Å²) in [4.78, 5) is 5.60. The van der Waals surface area contributed by atoms with Crippen LogP contribution in [0.1, 0.15) is 11.1 Å². The highest BCUT2D eigenvalue weighted by Gasteiger charge is 1.96. The van der Waals surface area contributed by atoms with Gasteiger partial charge in [-0.1, -0.05) is 35.4 Å². The molecule has 3 N–H and O–H groups in total. The molecule has 3 nitrogen and oxygen atoms in total. The number of guanidine groups is 1. The van der Waals surface area contributed by atoms with E-state index in [2.05, 4.69) is 48.4 Å². The molecule has 0 saturated carbocycles. The van der Waals surface area contributed by atoms with Crippen molar-refractivity contribution >= 4 is 23.4 Å².